The van der Waals surface area contributed by atoms with E-state index in [0.29, 0.717) is 24.9 Å². The van der Waals surface area contributed by atoms with E-state index in [1.807, 2.05) is 6.92 Å². The van der Waals surface area contributed by atoms with Crippen LogP contribution < -0.4 is 0 Å². The third kappa shape index (κ3) is 2.43. The molecule has 1 fully saturated rings. The van der Waals surface area contributed by atoms with Crippen molar-refractivity contribution in [3.8, 4) is 0 Å². The minimum Gasteiger partial charge on any atom is -0.456 e. The van der Waals surface area contributed by atoms with Crippen molar-refractivity contribution in [2.45, 2.75) is 26.3 Å². The molecule has 0 aliphatic carbocycles. The summed E-state index contributed by atoms with van der Waals surface area (Å²) in [5, 5.41) is 0. The molecule has 1 aliphatic heterocycles. The van der Waals surface area contributed by atoms with Gasteiger partial charge in [-0.15, -0.1) is 0 Å². The van der Waals surface area contributed by atoms with Gasteiger partial charge in [0.2, 0.25) is 11.8 Å². The van der Waals surface area contributed by atoms with Crippen molar-refractivity contribution in [2.24, 2.45) is 5.92 Å². The van der Waals surface area contributed by atoms with Gasteiger partial charge < -0.3 is 4.42 Å². The number of rotatable bonds is 3. The number of hydrogen-bond acceptors (Lipinski definition) is 4. The van der Waals surface area contributed by atoms with Gasteiger partial charge in [-0.1, -0.05) is 6.92 Å². The van der Waals surface area contributed by atoms with Crippen LogP contribution in [0.2, 0.25) is 0 Å². The molecule has 1 aliphatic rings. The quantitative estimate of drug-likeness (QED) is 0.586. The highest BCUT2D eigenvalue weighted by molar-refractivity contribution is 5.97. The number of nitrogens with zero attached hydrogens (tertiary/aromatic N) is 1. The normalized spacial score (nSPS) is 17.6. The number of hydrogen-bond donors (Lipinski definition) is 0. The fraction of sp³-hybridized carbons (Fsp3) is 0.417. The highest BCUT2D eigenvalue weighted by Gasteiger charge is 2.30. The van der Waals surface area contributed by atoms with Gasteiger partial charge in [0.15, 0.2) is 12.0 Å². The number of imide groups is 1. The molecule has 5 heteroatoms. The lowest BCUT2D eigenvalue weighted by atomic mass is 9.98. The van der Waals surface area contributed by atoms with Crippen LogP contribution in [0.25, 0.3) is 0 Å². The fourth-order valence-electron chi connectivity index (χ4n) is 1.90. The number of likely N-dealkylation sites (tertiary alicyclic amines) is 1. The maximum Gasteiger partial charge on any atom is 0.229 e. The van der Waals surface area contributed by atoms with Crippen LogP contribution >= 0.6 is 0 Å². The predicted octanol–water partition coefficient (Wildman–Crippen LogP) is 1.38. The van der Waals surface area contributed by atoms with E-state index in [2.05, 4.69) is 0 Å². The van der Waals surface area contributed by atoms with Crippen LogP contribution in [0.15, 0.2) is 16.5 Å². The van der Waals surface area contributed by atoms with E-state index in [-0.39, 0.29) is 30.0 Å². The van der Waals surface area contributed by atoms with Crippen LogP contribution in [-0.2, 0) is 16.1 Å². The van der Waals surface area contributed by atoms with Gasteiger partial charge in [-0.3, -0.25) is 19.3 Å². The zero-order valence-electron chi connectivity index (χ0n) is 9.51. The van der Waals surface area contributed by atoms with E-state index < -0.39 is 0 Å². The molecule has 90 valence electrons. The van der Waals surface area contributed by atoms with E-state index in [1.54, 1.807) is 6.07 Å². The first-order valence-corrected chi connectivity index (χ1v) is 5.47. The molecule has 1 aromatic heterocycles. The molecule has 0 N–H and O–H groups in total. The summed E-state index contributed by atoms with van der Waals surface area (Å²) in [5.41, 5.74) is 0. The summed E-state index contributed by atoms with van der Waals surface area (Å²) < 4.78 is 5.14. The Morgan fingerprint density at radius 1 is 1.35 bits per heavy atom. The van der Waals surface area contributed by atoms with Gasteiger partial charge in [-0.25, -0.2) is 0 Å². The third-order valence-corrected chi connectivity index (χ3v) is 2.76. The average molecular weight is 235 g/mol. The fourth-order valence-corrected chi connectivity index (χ4v) is 1.90. The number of carbonyl (C=O) groups is 3. The van der Waals surface area contributed by atoms with Gasteiger partial charge in [0, 0.05) is 12.8 Å². The van der Waals surface area contributed by atoms with Crippen molar-refractivity contribution in [1.29, 1.82) is 0 Å². The van der Waals surface area contributed by atoms with Crippen LogP contribution in [-0.4, -0.2) is 23.0 Å². The number of carbonyl (C=O) groups excluding carboxylic acids is 3. The Kier molecular flexibility index (Phi) is 3.08. The molecular weight excluding hydrogens is 222 g/mol. The van der Waals surface area contributed by atoms with E-state index in [9.17, 15) is 14.4 Å². The number of aldehydes is 1. The standard InChI is InChI=1S/C12H13NO4/c1-8-4-11(15)13(12(16)5-8)6-9-2-3-10(7-14)17-9/h2-3,7-8H,4-6H2,1H3. The second kappa shape index (κ2) is 4.53. The molecule has 5 nitrogen and oxygen atoms in total. The minimum atomic E-state index is -0.183. The Hall–Kier alpha value is -1.91. The maximum atomic E-state index is 11.7. The zero-order chi connectivity index (χ0) is 12.4. The monoisotopic (exact) mass is 235 g/mol. The van der Waals surface area contributed by atoms with Gasteiger partial charge in [-0.2, -0.15) is 0 Å². The van der Waals surface area contributed by atoms with Crippen LogP contribution in [0.5, 0.6) is 0 Å². The molecule has 0 aromatic carbocycles. The van der Waals surface area contributed by atoms with Gasteiger partial charge in [0.05, 0.1) is 6.54 Å². The topological polar surface area (TPSA) is 67.6 Å². The maximum absolute atomic E-state index is 11.7. The lowest BCUT2D eigenvalue weighted by Crippen LogP contribution is -2.42. The second-order valence-electron chi connectivity index (χ2n) is 4.31. The van der Waals surface area contributed by atoms with Crippen LogP contribution in [0.1, 0.15) is 36.1 Å². The highest BCUT2D eigenvalue weighted by Crippen LogP contribution is 2.21. The largest absolute Gasteiger partial charge is 0.456 e. The van der Waals surface area contributed by atoms with Crippen molar-refractivity contribution in [2.75, 3.05) is 0 Å². The van der Waals surface area contributed by atoms with Crippen molar-refractivity contribution < 1.29 is 18.8 Å². The molecule has 2 amide bonds. The zero-order valence-corrected chi connectivity index (χ0v) is 9.51. The van der Waals surface area contributed by atoms with E-state index in [1.165, 1.54) is 11.0 Å². The first kappa shape index (κ1) is 11.6. The average Bonchev–Trinajstić information content (AvgIpc) is 2.71. The van der Waals surface area contributed by atoms with Crippen molar-refractivity contribution >= 4 is 18.1 Å². The number of amides is 2. The van der Waals surface area contributed by atoms with Crippen molar-refractivity contribution in [3.63, 3.8) is 0 Å². The Morgan fingerprint density at radius 3 is 2.53 bits per heavy atom. The summed E-state index contributed by atoms with van der Waals surface area (Å²) in [7, 11) is 0. The van der Waals surface area contributed by atoms with Gasteiger partial charge in [-0.05, 0) is 18.1 Å². The summed E-state index contributed by atoms with van der Waals surface area (Å²) in [5.74, 6) is 0.387. The number of furan rings is 1. The summed E-state index contributed by atoms with van der Waals surface area (Å²) in [6, 6.07) is 3.12. The molecule has 17 heavy (non-hydrogen) atoms. The van der Waals surface area contributed by atoms with Crippen molar-refractivity contribution in [3.05, 3.63) is 23.7 Å². The first-order valence-electron chi connectivity index (χ1n) is 5.47. The summed E-state index contributed by atoms with van der Waals surface area (Å²) in [6.07, 6.45) is 1.35. The smallest absolute Gasteiger partial charge is 0.229 e. The molecular formula is C12H13NO4. The van der Waals surface area contributed by atoms with Gasteiger partial charge in [0.1, 0.15) is 5.76 Å². The molecule has 1 aromatic rings. The molecule has 0 radical (unpaired) electrons. The molecule has 1 saturated heterocycles. The lowest BCUT2D eigenvalue weighted by molar-refractivity contribution is -0.150. The van der Waals surface area contributed by atoms with E-state index in [0.717, 1.165) is 0 Å². The van der Waals surface area contributed by atoms with Crippen molar-refractivity contribution in [1.82, 2.24) is 4.90 Å². The predicted molar refractivity (Wildman–Crippen MR) is 58.1 cm³/mol. The molecule has 0 unspecified atom stereocenters. The SMILES string of the molecule is CC1CC(=O)N(Cc2ccc(C=O)o2)C(=O)C1. The third-order valence-electron chi connectivity index (χ3n) is 2.76. The van der Waals surface area contributed by atoms with Crippen LogP contribution in [0.4, 0.5) is 0 Å². The Bertz CT molecular complexity index is 445. The molecule has 0 bridgehead atoms. The molecule has 2 heterocycles. The molecule has 0 saturated carbocycles. The number of piperidine rings is 1. The van der Waals surface area contributed by atoms with Crippen LogP contribution in [0.3, 0.4) is 0 Å². The first-order chi connectivity index (χ1) is 8.10. The molecule has 2 rings (SSSR count). The molecule has 0 spiro atoms. The molecule has 0 atom stereocenters. The van der Waals surface area contributed by atoms with E-state index >= 15 is 0 Å². The Labute approximate surface area is 98.4 Å². The second-order valence-corrected chi connectivity index (χ2v) is 4.31. The Morgan fingerprint density at radius 2 is 2.00 bits per heavy atom. The lowest BCUT2D eigenvalue weighted by Gasteiger charge is -2.27. The minimum absolute atomic E-state index is 0.105. The van der Waals surface area contributed by atoms with E-state index in [4.69, 9.17) is 4.42 Å². The summed E-state index contributed by atoms with van der Waals surface area (Å²) in [4.78, 5) is 35.0. The van der Waals surface area contributed by atoms with Gasteiger partial charge in [0.25, 0.3) is 0 Å². The highest BCUT2D eigenvalue weighted by atomic mass is 16.3. The summed E-state index contributed by atoms with van der Waals surface area (Å²) >= 11 is 0. The Balaban J connectivity index is 2.09. The van der Waals surface area contributed by atoms with Gasteiger partial charge >= 0.3 is 0 Å². The summed E-state index contributed by atoms with van der Waals surface area (Å²) in [6.45, 7) is 1.99. The van der Waals surface area contributed by atoms with Crippen LogP contribution in [0, 0.1) is 5.92 Å².